The van der Waals surface area contributed by atoms with Gasteiger partial charge in [-0.05, 0) is 55.1 Å². The quantitative estimate of drug-likeness (QED) is 0.637. The second-order valence-corrected chi connectivity index (χ2v) is 9.85. The van der Waals surface area contributed by atoms with E-state index in [1.54, 1.807) is 0 Å². The van der Waals surface area contributed by atoms with E-state index in [1.807, 2.05) is 30.3 Å². The van der Waals surface area contributed by atoms with E-state index in [9.17, 15) is 9.90 Å². The normalized spacial score (nSPS) is 27.2. The zero-order valence-corrected chi connectivity index (χ0v) is 19.7. The first-order chi connectivity index (χ1) is 16.6. The van der Waals surface area contributed by atoms with Gasteiger partial charge < -0.3 is 20.0 Å². The molecule has 1 amide bonds. The summed E-state index contributed by atoms with van der Waals surface area (Å²) in [4.78, 5) is 26.2. The maximum absolute atomic E-state index is 13.0. The number of piperidine rings is 3. The van der Waals surface area contributed by atoms with E-state index in [0.717, 1.165) is 50.9 Å². The summed E-state index contributed by atoms with van der Waals surface area (Å²) in [6.45, 7) is 2.76. The van der Waals surface area contributed by atoms with Crippen LogP contribution in [-0.2, 0) is 16.0 Å². The highest BCUT2D eigenvalue weighted by atomic mass is 16.3. The Kier molecular flexibility index (Phi) is 8.35. The number of fused-ring (bicyclic) bond motifs is 4. The Hall–Kier alpha value is -2.70. The molecule has 3 fully saturated rings. The first-order valence-electron chi connectivity index (χ1n) is 12.5. The van der Waals surface area contributed by atoms with Crippen LogP contribution in [0.4, 0.5) is 0 Å². The van der Waals surface area contributed by atoms with Crippen molar-refractivity contribution in [2.24, 2.45) is 11.8 Å². The van der Waals surface area contributed by atoms with Crippen LogP contribution in [-0.4, -0.2) is 64.1 Å². The summed E-state index contributed by atoms with van der Waals surface area (Å²) in [6, 6.07) is 21.4. The Morgan fingerprint density at radius 1 is 1.00 bits per heavy atom. The molecule has 2 aromatic rings. The van der Waals surface area contributed by atoms with Crippen LogP contribution in [0.2, 0.25) is 0 Å². The first kappa shape index (κ1) is 24.4. The van der Waals surface area contributed by atoms with E-state index < -0.39 is 6.10 Å². The van der Waals surface area contributed by atoms with Gasteiger partial charge in [-0.1, -0.05) is 60.7 Å². The monoisotopic (exact) mass is 464 g/mol. The van der Waals surface area contributed by atoms with E-state index in [4.69, 9.17) is 9.90 Å². The fraction of sp³-hybridized carbons (Fsp3) is 0.500. The van der Waals surface area contributed by atoms with Gasteiger partial charge in [-0.3, -0.25) is 9.59 Å². The van der Waals surface area contributed by atoms with Crippen LogP contribution >= 0.6 is 0 Å². The van der Waals surface area contributed by atoms with E-state index >= 15 is 0 Å². The molecule has 0 aliphatic carbocycles. The number of benzene rings is 2. The number of carbonyl (C=O) groups excluding carboxylic acids is 1. The highest BCUT2D eigenvalue weighted by Crippen LogP contribution is 2.42. The van der Waals surface area contributed by atoms with E-state index in [0.29, 0.717) is 36.2 Å². The molecule has 0 spiro atoms. The van der Waals surface area contributed by atoms with Gasteiger partial charge in [-0.15, -0.1) is 0 Å². The van der Waals surface area contributed by atoms with Gasteiger partial charge in [0.05, 0.1) is 6.10 Å². The highest BCUT2D eigenvalue weighted by Gasteiger charge is 2.49. The largest absolute Gasteiger partial charge is 0.483 e. The van der Waals surface area contributed by atoms with Gasteiger partial charge in [-0.2, -0.15) is 0 Å². The molecule has 2 aromatic carbocycles. The number of nitrogens with zero attached hydrogens (tertiary/aromatic N) is 2. The molecule has 34 heavy (non-hydrogen) atoms. The van der Waals surface area contributed by atoms with Gasteiger partial charge in [0, 0.05) is 38.1 Å². The smallest absolute Gasteiger partial charge is 0.290 e. The van der Waals surface area contributed by atoms with Crippen molar-refractivity contribution in [1.82, 2.24) is 9.80 Å². The number of aliphatic hydroxyl groups excluding tert-OH is 1. The lowest BCUT2D eigenvalue weighted by atomic mass is 9.70. The van der Waals surface area contributed by atoms with Crippen LogP contribution in [0.3, 0.4) is 0 Å². The lowest BCUT2D eigenvalue weighted by molar-refractivity contribution is -0.152. The highest BCUT2D eigenvalue weighted by molar-refractivity contribution is 5.78. The van der Waals surface area contributed by atoms with E-state index in [1.165, 1.54) is 12.0 Å². The zero-order chi connectivity index (χ0) is 23.9. The second-order valence-electron chi connectivity index (χ2n) is 9.85. The fourth-order valence-electron chi connectivity index (χ4n) is 6.32. The van der Waals surface area contributed by atoms with Gasteiger partial charge in [0.15, 0.2) is 0 Å². The van der Waals surface area contributed by atoms with Crippen LogP contribution in [0, 0.1) is 11.8 Å². The number of rotatable bonds is 6. The molecular formula is C28H36N2O4. The molecule has 2 bridgehead atoms. The Morgan fingerprint density at radius 2 is 1.65 bits per heavy atom. The van der Waals surface area contributed by atoms with E-state index in [2.05, 4.69) is 40.1 Å². The van der Waals surface area contributed by atoms with Crippen molar-refractivity contribution in [3.8, 4) is 0 Å². The molecule has 0 saturated carbocycles. The third-order valence-electron chi connectivity index (χ3n) is 7.76. The summed E-state index contributed by atoms with van der Waals surface area (Å²) in [5, 5.41) is 17.5. The van der Waals surface area contributed by atoms with Crippen LogP contribution in [0.1, 0.15) is 49.3 Å². The van der Waals surface area contributed by atoms with Crippen molar-refractivity contribution >= 4 is 12.4 Å². The Balaban J connectivity index is 0.000000868. The van der Waals surface area contributed by atoms with Gasteiger partial charge in [0.25, 0.3) is 6.47 Å². The second kappa shape index (κ2) is 11.6. The standard InChI is InChI=1S/C27H34N2O2.CH2O2/c30-26(21-10-5-2-6-11-21)14-15-28-18-22-17-23(19-28)25(16-20-8-3-1-4-9-20)29-24(22)12-7-13-27(29)31;2-1-3/h1-6,8-11,22-26,30H,7,12-19H2;1H,(H,2,3)/t22-,23+,24+,25+,26-;/m1./s1. The van der Waals surface area contributed by atoms with Crippen LogP contribution in [0.25, 0.3) is 0 Å². The molecule has 0 aromatic heterocycles. The van der Waals surface area contributed by atoms with Gasteiger partial charge in [0.2, 0.25) is 5.91 Å². The Bertz CT molecular complexity index is 923. The third-order valence-corrected chi connectivity index (χ3v) is 7.76. The number of amides is 1. The molecule has 3 heterocycles. The predicted octanol–water partition coefficient (Wildman–Crippen LogP) is 3.76. The topological polar surface area (TPSA) is 81.1 Å². The summed E-state index contributed by atoms with van der Waals surface area (Å²) in [5.41, 5.74) is 2.34. The van der Waals surface area contributed by atoms with Gasteiger partial charge >= 0.3 is 0 Å². The van der Waals surface area contributed by atoms with E-state index in [-0.39, 0.29) is 6.47 Å². The molecular weight excluding hydrogens is 428 g/mol. The average Bonchev–Trinajstić information content (AvgIpc) is 2.87. The van der Waals surface area contributed by atoms with Crippen molar-refractivity contribution in [1.29, 1.82) is 0 Å². The average molecular weight is 465 g/mol. The van der Waals surface area contributed by atoms with Crippen LogP contribution < -0.4 is 0 Å². The lowest BCUT2D eigenvalue weighted by Crippen LogP contribution is -2.65. The molecule has 5 atom stereocenters. The van der Waals surface area contributed by atoms with Crippen molar-refractivity contribution in [3.05, 3.63) is 71.8 Å². The molecule has 5 rings (SSSR count). The number of likely N-dealkylation sites (tertiary alicyclic amines) is 1. The Morgan fingerprint density at radius 3 is 2.35 bits per heavy atom. The lowest BCUT2D eigenvalue weighted by Gasteiger charge is -2.57. The van der Waals surface area contributed by atoms with Crippen molar-refractivity contribution in [3.63, 3.8) is 0 Å². The van der Waals surface area contributed by atoms with Crippen LogP contribution in [0.15, 0.2) is 60.7 Å². The summed E-state index contributed by atoms with van der Waals surface area (Å²) in [5.74, 6) is 1.47. The Labute approximate surface area is 202 Å². The van der Waals surface area contributed by atoms with Crippen LogP contribution in [0.5, 0.6) is 0 Å². The molecule has 0 unspecified atom stereocenters. The van der Waals surface area contributed by atoms with Crippen molar-refractivity contribution in [2.45, 2.75) is 56.7 Å². The van der Waals surface area contributed by atoms with Gasteiger partial charge in [-0.25, -0.2) is 0 Å². The maximum atomic E-state index is 13.0. The van der Waals surface area contributed by atoms with Gasteiger partial charge in [0.1, 0.15) is 0 Å². The molecule has 3 saturated heterocycles. The molecule has 3 aliphatic rings. The molecule has 3 aliphatic heterocycles. The fourth-order valence-corrected chi connectivity index (χ4v) is 6.32. The first-order valence-corrected chi connectivity index (χ1v) is 12.5. The number of hydrogen-bond donors (Lipinski definition) is 2. The molecule has 182 valence electrons. The number of carbonyl (C=O) groups is 2. The predicted molar refractivity (Wildman–Crippen MR) is 131 cm³/mol. The SMILES string of the molecule is O=C1CCC[C@H]2[C@@H]3C[C@@H](CN(CC[C@@H](O)c4ccccc4)C3)[C@H](Cc3ccccc3)N12.O=CO. The molecule has 6 heteroatoms. The minimum absolute atomic E-state index is 0.250. The summed E-state index contributed by atoms with van der Waals surface area (Å²) in [6.07, 6.45) is 5.45. The molecule has 6 nitrogen and oxygen atoms in total. The minimum atomic E-state index is -0.407. The summed E-state index contributed by atoms with van der Waals surface area (Å²) >= 11 is 0. The summed E-state index contributed by atoms with van der Waals surface area (Å²) < 4.78 is 0. The minimum Gasteiger partial charge on any atom is -0.483 e. The number of hydrogen-bond acceptors (Lipinski definition) is 4. The number of aliphatic hydroxyl groups is 1. The number of carboxylic acid groups (broad SMARTS) is 1. The maximum Gasteiger partial charge on any atom is 0.290 e. The van der Waals surface area contributed by atoms with Crippen molar-refractivity contribution in [2.75, 3.05) is 19.6 Å². The zero-order valence-electron chi connectivity index (χ0n) is 19.7. The van der Waals surface area contributed by atoms with Crippen molar-refractivity contribution < 1.29 is 19.8 Å². The molecule has 0 radical (unpaired) electrons. The summed E-state index contributed by atoms with van der Waals surface area (Å²) in [7, 11) is 0. The third kappa shape index (κ3) is 5.68. The molecule has 2 N–H and O–H groups in total.